The number of carbonyl (C=O) groups is 1. The van der Waals surface area contributed by atoms with Gasteiger partial charge < -0.3 is 10.1 Å². The van der Waals surface area contributed by atoms with Crippen LogP contribution in [0.25, 0.3) is 0 Å². The average Bonchev–Trinajstić information content (AvgIpc) is 2.03. The molecule has 7 heteroatoms. The van der Waals surface area contributed by atoms with Crippen LogP contribution in [-0.2, 0) is 19.0 Å². The molecule has 0 aromatic carbocycles. The van der Waals surface area contributed by atoms with Crippen molar-refractivity contribution in [3.8, 4) is 0 Å². The molecule has 0 aromatic heterocycles. The second kappa shape index (κ2) is 5.44. The average molecular weight is 279 g/mol. The number of rotatable bonds is 4. The number of hydrogen-bond donors (Lipinski definition) is 1. The number of alkyl carbamates (subject to hydrolysis) is 1. The molecular formula is C11H21NO5S. The molecule has 0 atom stereocenters. The number of amides is 1. The molecule has 1 rings (SSSR count). The predicted octanol–water partition coefficient (Wildman–Crippen LogP) is 1.27. The molecule has 18 heavy (non-hydrogen) atoms. The van der Waals surface area contributed by atoms with Crippen LogP contribution >= 0.6 is 0 Å². The lowest BCUT2D eigenvalue weighted by atomic mass is 9.81. The van der Waals surface area contributed by atoms with E-state index >= 15 is 0 Å². The normalized spacial score (nSPS) is 24.2. The summed E-state index contributed by atoms with van der Waals surface area (Å²) in [4.78, 5) is 11.4. The van der Waals surface area contributed by atoms with Crippen molar-refractivity contribution >= 4 is 16.2 Å². The lowest BCUT2D eigenvalue weighted by molar-refractivity contribution is 0.0429. The van der Waals surface area contributed by atoms with Gasteiger partial charge in [-0.2, -0.15) is 8.42 Å². The Bertz CT molecular complexity index is 392. The highest BCUT2D eigenvalue weighted by Gasteiger charge is 2.32. The maximum atomic E-state index is 11.4. The Morgan fingerprint density at radius 3 is 2.33 bits per heavy atom. The summed E-state index contributed by atoms with van der Waals surface area (Å²) in [7, 11) is -3.37. The first-order valence-corrected chi connectivity index (χ1v) is 7.71. The smallest absolute Gasteiger partial charge is 0.407 e. The highest BCUT2D eigenvalue weighted by molar-refractivity contribution is 7.85. The third-order valence-corrected chi connectivity index (χ3v) is 3.04. The molecule has 1 fully saturated rings. The van der Waals surface area contributed by atoms with Crippen molar-refractivity contribution in [1.82, 2.24) is 5.32 Å². The van der Waals surface area contributed by atoms with Gasteiger partial charge in [0.1, 0.15) is 5.60 Å². The van der Waals surface area contributed by atoms with Crippen LogP contribution in [0.3, 0.4) is 0 Å². The van der Waals surface area contributed by atoms with Gasteiger partial charge in [0, 0.05) is 6.04 Å². The molecule has 1 N–H and O–H groups in total. The van der Waals surface area contributed by atoms with Gasteiger partial charge in [-0.3, -0.25) is 4.18 Å². The molecule has 1 amide bonds. The van der Waals surface area contributed by atoms with Gasteiger partial charge in [-0.1, -0.05) is 0 Å². The highest BCUT2D eigenvalue weighted by Crippen LogP contribution is 2.28. The largest absolute Gasteiger partial charge is 0.444 e. The number of carbonyl (C=O) groups excluding carboxylic acids is 1. The summed E-state index contributed by atoms with van der Waals surface area (Å²) < 4.78 is 31.4. The molecule has 1 aliphatic rings. The minimum absolute atomic E-state index is 0.0491. The van der Waals surface area contributed by atoms with Gasteiger partial charge in [0.2, 0.25) is 0 Å². The van der Waals surface area contributed by atoms with Crippen molar-refractivity contribution in [2.75, 3.05) is 12.9 Å². The topological polar surface area (TPSA) is 81.7 Å². The van der Waals surface area contributed by atoms with E-state index in [1.165, 1.54) is 0 Å². The molecule has 0 spiro atoms. The van der Waals surface area contributed by atoms with Crippen molar-refractivity contribution in [2.24, 2.45) is 5.92 Å². The predicted molar refractivity (Wildman–Crippen MR) is 66.7 cm³/mol. The minimum atomic E-state index is -3.37. The molecule has 0 saturated heterocycles. The van der Waals surface area contributed by atoms with E-state index in [1.54, 1.807) is 20.8 Å². The van der Waals surface area contributed by atoms with Crippen LogP contribution in [0, 0.1) is 5.92 Å². The fourth-order valence-electron chi connectivity index (χ4n) is 1.68. The van der Waals surface area contributed by atoms with E-state index in [9.17, 15) is 13.2 Å². The van der Waals surface area contributed by atoms with Gasteiger partial charge in [-0.05, 0) is 39.5 Å². The van der Waals surface area contributed by atoms with E-state index in [2.05, 4.69) is 5.32 Å². The summed E-state index contributed by atoms with van der Waals surface area (Å²) >= 11 is 0. The van der Waals surface area contributed by atoms with E-state index in [4.69, 9.17) is 8.92 Å². The number of hydrogen-bond acceptors (Lipinski definition) is 5. The Balaban J connectivity index is 2.18. The Hall–Kier alpha value is -0.820. The molecule has 0 aromatic rings. The standard InChI is InChI=1S/C11H21NO5S/c1-11(2,3)17-10(13)12-9-5-8(6-9)7-16-18(4,14)15/h8-9H,5-7H2,1-4H3,(H,12,13)/t8-,9+. The zero-order valence-corrected chi connectivity index (χ0v) is 12.0. The van der Waals surface area contributed by atoms with Crippen molar-refractivity contribution in [1.29, 1.82) is 0 Å². The summed E-state index contributed by atoms with van der Waals surface area (Å²) in [5.41, 5.74) is -0.507. The first kappa shape index (κ1) is 15.2. The highest BCUT2D eigenvalue weighted by atomic mass is 32.2. The van der Waals surface area contributed by atoms with Crippen molar-refractivity contribution in [3.63, 3.8) is 0 Å². The van der Waals surface area contributed by atoms with Gasteiger partial charge >= 0.3 is 6.09 Å². The Morgan fingerprint density at radius 2 is 1.89 bits per heavy atom. The van der Waals surface area contributed by atoms with E-state index < -0.39 is 21.8 Å². The molecule has 106 valence electrons. The van der Waals surface area contributed by atoms with E-state index in [-0.39, 0.29) is 18.6 Å². The first-order chi connectivity index (χ1) is 8.05. The van der Waals surface area contributed by atoms with Gasteiger partial charge in [0.15, 0.2) is 0 Å². The van der Waals surface area contributed by atoms with Gasteiger partial charge in [0.05, 0.1) is 12.9 Å². The van der Waals surface area contributed by atoms with E-state index in [0.717, 1.165) is 19.1 Å². The molecule has 0 unspecified atom stereocenters. The third-order valence-electron chi connectivity index (χ3n) is 2.47. The quantitative estimate of drug-likeness (QED) is 0.784. The van der Waals surface area contributed by atoms with Crippen LogP contribution in [0.2, 0.25) is 0 Å². The Kier molecular flexibility index (Phi) is 4.61. The van der Waals surface area contributed by atoms with Crippen LogP contribution in [0.15, 0.2) is 0 Å². The Morgan fingerprint density at radius 1 is 1.33 bits per heavy atom. The minimum Gasteiger partial charge on any atom is -0.444 e. The van der Waals surface area contributed by atoms with Crippen molar-refractivity contribution in [2.45, 2.75) is 45.3 Å². The maximum Gasteiger partial charge on any atom is 0.407 e. The fourth-order valence-corrected chi connectivity index (χ4v) is 2.12. The monoisotopic (exact) mass is 279 g/mol. The summed E-state index contributed by atoms with van der Waals surface area (Å²) in [5.74, 6) is 0.180. The lowest BCUT2D eigenvalue weighted by Crippen LogP contribution is -2.47. The lowest BCUT2D eigenvalue weighted by Gasteiger charge is -2.35. The zero-order chi connectivity index (χ0) is 14.0. The SMILES string of the molecule is CC(C)(C)OC(=O)N[C@H]1C[C@@H](COS(C)(=O)=O)C1. The summed E-state index contributed by atoms with van der Waals surface area (Å²) in [6.45, 7) is 5.59. The van der Waals surface area contributed by atoms with E-state index in [0.29, 0.717) is 0 Å². The molecule has 1 aliphatic carbocycles. The van der Waals surface area contributed by atoms with E-state index in [1.807, 2.05) is 0 Å². The molecule has 0 bridgehead atoms. The molecule has 1 saturated carbocycles. The zero-order valence-electron chi connectivity index (χ0n) is 11.2. The third kappa shape index (κ3) is 6.20. The van der Waals surface area contributed by atoms with Crippen LogP contribution in [0.4, 0.5) is 4.79 Å². The second-order valence-electron chi connectivity index (χ2n) is 5.67. The number of nitrogens with one attached hydrogen (secondary N) is 1. The summed E-state index contributed by atoms with van der Waals surface area (Å²) in [6.07, 6.45) is 2.03. The molecule has 0 radical (unpaired) electrons. The van der Waals surface area contributed by atoms with Crippen molar-refractivity contribution < 1.29 is 22.1 Å². The second-order valence-corrected chi connectivity index (χ2v) is 7.31. The summed E-state index contributed by atoms with van der Waals surface area (Å²) in [5, 5.41) is 2.73. The van der Waals surface area contributed by atoms with Crippen LogP contribution < -0.4 is 5.32 Å². The summed E-state index contributed by atoms with van der Waals surface area (Å²) in [6, 6.07) is 0.0491. The molecule has 6 nitrogen and oxygen atoms in total. The maximum absolute atomic E-state index is 11.4. The van der Waals surface area contributed by atoms with Crippen LogP contribution in [0.5, 0.6) is 0 Å². The molecule has 0 heterocycles. The van der Waals surface area contributed by atoms with Crippen LogP contribution in [0.1, 0.15) is 33.6 Å². The Labute approximate surface area is 108 Å². The number of ether oxygens (including phenoxy) is 1. The molecule has 0 aliphatic heterocycles. The van der Waals surface area contributed by atoms with Crippen LogP contribution in [-0.4, -0.2) is 39.0 Å². The fraction of sp³-hybridized carbons (Fsp3) is 0.909. The van der Waals surface area contributed by atoms with Gasteiger partial charge in [-0.15, -0.1) is 0 Å². The van der Waals surface area contributed by atoms with Gasteiger partial charge in [-0.25, -0.2) is 4.79 Å². The van der Waals surface area contributed by atoms with Crippen molar-refractivity contribution in [3.05, 3.63) is 0 Å². The van der Waals surface area contributed by atoms with Gasteiger partial charge in [0.25, 0.3) is 10.1 Å². The first-order valence-electron chi connectivity index (χ1n) is 5.89. The molecular weight excluding hydrogens is 258 g/mol.